The van der Waals surface area contributed by atoms with Crippen molar-refractivity contribution in [2.45, 2.75) is 24.3 Å². The van der Waals surface area contributed by atoms with E-state index in [0.717, 1.165) is 10.4 Å². The van der Waals surface area contributed by atoms with Crippen LogP contribution in [0.5, 0.6) is 0 Å². The van der Waals surface area contributed by atoms with Crippen LogP contribution in [-0.2, 0) is 10.0 Å². The van der Waals surface area contributed by atoms with Crippen LogP contribution in [0.25, 0.3) is 0 Å². The first-order valence-corrected chi connectivity index (χ1v) is 7.58. The average Bonchev–Trinajstić information content (AvgIpc) is 2.45. The van der Waals surface area contributed by atoms with E-state index >= 15 is 0 Å². The van der Waals surface area contributed by atoms with Gasteiger partial charge in [0.2, 0.25) is 10.0 Å². The van der Waals surface area contributed by atoms with Crippen LogP contribution in [0.3, 0.4) is 0 Å². The van der Waals surface area contributed by atoms with Crippen LogP contribution >= 0.6 is 0 Å². The first kappa shape index (κ1) is 17.3. The summed E-state index contributed by atoms with van der Waals surface area (Å²) in [6.07, 6.45) is 0. The van der Waals surface area contributed by atoms with Gasteiger partial charge in [-0.2, -0.15) is 4.31 Å². The largest absolute Gasteiger partial charge is 0.394 e. The number of nitro groups is 1. The Kier molecular flexibility index (Phi) is 4.92. The highest BCUT2D eigenvalue weighted by molar-refractivity contribution is 7.89. The molecular formula is C12H19N3O5S. The maximum Gasteiger partial charge on any atom is 0.293 e. The van der Waals surface area contributed by atoms with Gasteiger partial charge in [-0.25, -0.2) is 8.42 Å². The van der Waals surface area contributed by atoms with E-state index in [4.69, 9.17) is 0 Å². The Labute approximate surface area is 123 Å². The number of hydrogen-bond donors (Lipinski definition) is 2. The molecule has 0 aromatic heterocycles. The minimum absolute atomic E-state index is 0.197. The smallest absolute Gasteiger partial charge is 0.293 e. The maximum atomic E-state index is 12.5. The predicted molar refractivity (Wildman–Crippen MR) is 78.8 cm³/mol. The second-order valence-electron chi connectivity index (χ2n) is 5.13. The van der Waals surface area contributed by atoms with Gasteiger partial charge >= 0.3 is 0 Å². The molecule has 2 N–H and O–H groups in total. The number of benzene rings is 1. The molecule has 0 spiro atoms. The van der Waals surface area contributed by atoms with Gasteiger partial charge in [0.15, 0.2) is 0 Å². The van der Waals surface area contributed by atoms with E-state index in [1.165, 1.54) is 26.2 Å². The van der Waals surface area contributed by atoms with Crippen LogP contribution in [0.15, 0.2) is 23.1 Å². The van der Waals surface area contributed by atoms with Gasteiger partial charge < -0.3 is 10.4 Å². The predicted octanol–water partition coefficient (Wildman–Crippen LogP) is 1.03. The molecule has 1 rings (SSSR count). The second kappa shape index (κ2) is 5.96. The summed E-state index contributed by atoms with van der Waals surface area (Å²) in [5, 5.41) is 22.9. The number of nitrogens with zero attached hydrogens (tertiary/aromatic N) is 2. The number of aliphatic hydroxyl groups excluding tert-OH is 1. The molecule has 0 radical (unpaired) electrons. The Morgan fingerprint density at radius 3 is 2.43 bits per heavy atom. The zero-order valence-electron chi connectivity index (χ0n) is 12.3. The number of likely N-dealkylation sites (N-methyl/N-ethyl adjacent to an activating group) is 1. The van der Waals surface area contributed by atoms with Crippen molar-refractivity contribution in [1.82, 2.24) is 4.31 Å². The minimum Gasteiger partial charge on any atom is -0.394 e. The first-order valence-electron chi connectivity index (χ1n) is 6.14. The van der Waals surface area contributed by atoms with Gasteiger partial charge in [0.1, 0.15) is 5.69 Å². The average molecular weight is 317 g/mol. The van der Waals surface area contributed by atoms with E-state index in [1.807, 2.05) is 0 Å². The molecule has 21 heavy (non-hydrogen) atoms. The Morgan fingerprint density at radius 2 is 2.00 bits per heavy atom. The molecular weight excluding hydrogens is 298 g/mol. The molecule has 0 saturated carbocycles. The van der Waals surface area contributed by atoms with E-state index in [1.54, 1.807) is 13.8 Å². The van der Waals surface area contributed by atoms with Gasteiger partial charge in [-0.15, -0.1) is 0 Å². The van der Waals surface area contributed by atoms with Gasteiger partial charge in [-0.05, 0) is 26.0 Å². The van der Waals surface area contributed by atoms with Crippen molar-refractivity contribution in [3.8, 4) is 0 Å². The molecule has 0 aliphatic carbocycles. The molecule has 0 atom stereocenters. The lowest BCUT2D eigenvalue weighted by atomic mass is 10.1. The fourth-order valence-electron chi connectivity index (χ4n) is 1.62. The van der Waals surface area contributed by atoms with Gasteiger partial charge in [0.05, 0.1) is 22.0 Å². The molecule has 0 saturated heterocycles. The van der Waals surface area contributed by atoms with E-state index in [-0.39, 0.29) is 22.9 Å². The SMILES string of the molecule is CNc1ccc(S(=O)(=O)N(C)C(C)(C)CO)cc1[N+](=O)[O-]. The van der Waals surface area contributed by atoms with Crippen molar-refractivity contribution in [3.05, 3.63) is 28.3 Å². The van der Waals surface area contributed by atoms with Crippen molar-refractivity contribution in [1.29, 1.82) is 0 Å². The van der Waals surface area contributed by atoms with E-state index < -0.39 is 20.5 Å². The first-order chi connectivity index (χ1) is 9.57. The van der Waals surface area contributed by atoms with Gasteiger partial charge in [-0.1, -0.05) is 0 Å². The van der Waals surface area contributed by atoms with Crippen LogP contribution in [0.2, 0.25) is 0 Å². The molecule has 0 unspecified atom stereocenters. The lowest BCUT2D eigenvalue weighted by molar-refractivity contribution is -0.384. The summed E-state index contributed by atoms with van der Waals surface area (Å²) < 4.78 is 26.0. The highest BCUT2D eigenvalue weighted by Crippen LogP contribution is 2.30. The normalized spacial score (nSPS) is 12.5. The standard InChI is InChI=1S/C12H19N3O5S/c1-12(2,8-16)14(4)21(19,20)9-5-6-10(13-3)11(7-9)15(17)18/h5-7,13,16H,8H2,1-4H3. The molecule has 9 heteroatoms. The third kappa shape index (κ3) is 3.31. The summed E-state index contributed by atoms with van der Waals surface area (Å²) in [5.41, 5.74) is -1.12. The number of hydrogen-bond acceptors (Lipinski definition) is 6. The lowest BCUT2D eigenvalue weighted by Crippen LogP contribution is -2.47. The van der Waals surface area contributed by atoms with Crippen LogP contribution in [0, 0.1) is 10.1 Å². The van der Waals surface area contributed by atoms with Crippen LogP contribution < -0.4 is 5.32 Å². The monoisotopic (exact) mass is 317 g/mol. The third-order valence-corrected chi connectivity index (χ3v) is 5.40. The highest BCUT2D eigenvalue weighted by Gasteiger charge is 2.34. The summed E-state index contributed by atoms with van der Waals surface area (Å²) in [6, 6.07) is 3.63. The molecule has 8 nitrogen and oxygen atoms in total. The number of aliphatic hydroxyl groups is 1. The molecule has 0 fully saturated rings. The van der Waals surface area contributed by atoms with Gasteiger partial charge in [0, 0.05) is 20.2 Å². The number of nitro benzene ring substituents is 1. The zero-order valence-corrected chi connectivity index (χ0v) is 13.1. The number of nitrogens with one attached hydrogen (secondary N) is 1. The molecule has 0 heterocycles. The van der Waals surface area contributed by atoms with Gasteiger partial charge in [-0.3, -0.25) is 10.1 Å². The maximum absolute atomic E-state index is 12.5. The summed E-state index contributed by atoms with van der Waals surface area (Å²) in [7, 11) is -1.11. The Balaban J connectivity index is 3.40. The van der Waals surface area contributed by atoms with Crippen molar-refractivity contribution >= 4 is 21.4 Å². The fourth-order valence-corrected chi connectivity index (χ4v) is 3.14. The molecule has 118 valence electrons. The molecule has 1 aromatic carbocycles. The molecule has 1 aromatic rings. The van der Waals surface area contributed by atoms with E-state index in [2.05, 4.69) is 5.32 Å². The zero-order chi connectivity index (χ0) is 16.4. The van der Waals surface area contributed by atoms with Gasteiger partial charge in [0.25, 0.3) is 5.69 Å². The quantitative estimate of drug-likeness (QED) is 0.598. The Hall–Kier alpha value is -1.71. The number of rotatable bonds is 6. The second-order valence-corrected chi connectivity index (χ2v) is 7.10. The molecule has 0 bridgehead atoms. The fraction of sp³-hybridized carbons (Fsp3) is 0.500. The van der Waals surface area contributed by atoms with Crippen molar-refractivity contribution < 1.29 is 18.4 Å². The van der Waals surface area contributed by atoms with E-state index in [0.29, 0.717) is 0 Å². The van der Waals surface area contributed by atoms with Crippen LogP contribution in [0.1, 0.15) is 13.8 Å². The number of sulfonamides is 1. The van der Waals surface area contributed by atoms with Crippen LogP contribution in [-0.4, -0.2) is 49.0 Å². The van der Waals surface area contributed by atoms with Crippen LogP contribution in [0.4, 0.5) is 11.4 Å². The summed E-state index contributed by atoms with van der Waals surface area (Å²) in [5.74, 6) is 0. The van der Waals surface area contributed by atoms with E-state index in [9.17, 15) is 23.6 Å². The lowest BCUT2D eigenvalue weighted by Gasteiger charge is -2.32. The molecule has 0 aliphatic heterocycles. The minimum atomic E-state index is -3.95. The van der Waals surface area contributed by atoms with Crippen molar-refractivity contribution in [3.63, 3.8) is 0 Å². The summed E-state index contributed by atoms with van der Waals surface area (Å²) in [4.78, 5) is 10.2. The summed E-state index contributed by atoms with van der Waals surface area (Å²) in [6.45, 7) is 2.74. The van der Waals surface area contributed by atoms with Crippen molar-refractivity contribution in [2.24, 2.45) is 0 Å². The highest BCUT2D eigenvalue weighted by atomic mass is 32.2. The Morgan fingerprint density at radius 1 is 1.43 bits per heavy atom. The molecule has 0 amide bonds. The summed E-state index contributed by atoms with van der Waals surface area (Å²) >= 11 is 0. The topological polar surface area (TPSA) is 113 Å². The Bertz CT molecular complexity index is 642. The third-order valence-electron chi connectivity index (χ3n) is 3.33. The van der Waals surface area contributed by atoms with Crippen molar-refractivity contribution in [2.75, 3.05) is 26.0 Å². The molecule has 0 aliphatic rings. The number of anilines is 1.